The molecule has 2 rings (SSSR count). The molecule has 1 aliphatic rings. The molecular weight excluding hydrogens is 250 g/mol. The standard InChI is InChI=1S/C16H27N3O/c1-5-6-17-10-14-11-18-13(2)9-15(14)19-7-8-20-12-16(19,3)4/h9,11,17H,5-8,10,12H2,1-4H3. The Morgan fingerprint density at radius 1 is 1.45 bits per heavy atom. The van der Waals surface area contributed by atoms with Crippen molar-refractivity contribution in [3.63, 3.8) is 0 Å². The first kappa shape index (κ1) is 15.3. The molecule has 2 heterocycles. The van der Waals surface area contributed by atoms with Crippen LogP contribution in [0.5, 0.6) is 0 Å². The minimum Gasteiger partial charge on any atom is -0.377 e. The lowest BCUT2D eigenvalue weighted by molar-refractivity contribution is 0.0643. The first-order chi connectivity index (χ1) is 9.54. The van der Waals surface area contributed by atoms with Gasteiger partial charge in [-0.05, 0) is 39.8 Å². The third-order valence-corrected chi connectivity index (χ3v) is 3.78. The number of anilines is 1. The van der Waals surface area contributed by atoms with Crippen molar-refractivity contribution in [2.24, 2.45) is 0 Å². The summed E-state index contributed by atoms with van der Waals surface area (Å²) in [6, 6.07) is 2.20. The van der Waals surface area contributed by atoms with E-state index in [-0.39, 0.29) is 5.54 Å². The van der Waals surface area contributed by atoms with Gasteiger partial charge in [-0.25, -0.2) is 0 Å². The second kappa shape index (κ2) is 6.55. The fraction of sp³-hybridized carbons (Fsp3) is 0.688. The van der Waals surface area contributed by atoms with Gasteiger partial charge in [0, 0.05) is 36.2 Å². The molecule has 1 saturated heterocycles. The molecule has 0 spiro atoms. The van der Waals surface area contributed by atoms with Gasteiger partial charge < -0.3 is 15.0 Å². The number of aromatic nitrogens is 1. The zero-order valence-corrected chi connectivity index (χ0v) is 13.2. The smallest absolute Gasteiger partial charge is 0.0694 e. The zero-order valence-electron chi connectivity index (χ0n) is 13.2. The van der Waals surface area contributed by atoms with E-state index >= 15 is 0 Å². The first-order valence-electron chi connectivity index (χ1n) is 7.56. The van der Waals surface area contributed by atoms with Gasteiger partial charge in [0.05, 0.1) is 18.8 Å². The maximum absolute atomic E-state index is 5.63. The molecule has 1 fully saturated rings. The summed E-state index contributed by atoms with van der Waals surface area (Å²) in [6.07, 6.45) is 3.16. The van der Waals surface area contributed by atoms with E-state index in [4.69, 9.17) is 4.74 Å². The van der Waals surface area contributed by atoms with Crippen LogP contribution in [0.15, 0.2) is 12.3 Å². The maximum atomic E-state index is 5.63. The predicted molar refractivity (Wildman–Crippen MR) is 83.2 cm³/mol. The summed E-state index contributed by atoms with van der Waals surface area (Å²) in [5, 5.41) is 3.48. The minimum atomic E-state index is 0.0333. The van der Waals surface area contributed by atoms with Crippen LogP contribution in [0.2, 0.25) is 0 Å². The predicted octanol–water partition coefficient (Wildman–Crippen LogP) is 2.50. The summed E-state index contributed by atoms with van der Waals surface area (Å²) in [7, 11) is 0. The number of morpholine rings is 1. The zero-order chi connectivity index (χ0) is 14.6. The van der Waals surface area contributed by atoms with Gasteiger partial charge in [0.15, 0.2) is 0 Å². The van der Waals surface area contributed by atoms with Crippen LogP contribution in [0.1, 0.15) is 38.4 Å². The number of hydrogen-bond acceptors (Lipinski definition) is 4. The fourth-order valence-corrected chi connectivity index (χ4v) is 2.67. The molecular formula is C16H27N3O. The van der Waals surface area contributed by atoms with E-state index in [0.29, 0.717) is 0 Å². The number of hydrogen-bond donors (Lipinski definition) is 1. The molecule has 4 nitrogen and oxygen atoms in total. The summed E-state index contributed by atoms with van der Waals surface area (Å²) in [4.78, 5) is 6.93. The van der Waals surface area contributed by atoms with Crippen LogP contribution in [0.3, 0.4) is 0 Å². The van der Waals surface area contributed by atoms with Crippen LogP contribution in [0.25, 0.3) is 0 Å². The lowest BCUT2D eigenvalue weighted by Crippen LogP contribution is -2.53. The van der Waals surface area contributed by atoms with E-state index in [1.807, 2.05) is 6.20 Å². The Labute approximate surface area is 122 Å². The van der Waals surface area contributed by atoms with Crippen LogP contribution >= 0.6 is 0 Å². The first-order valence-corrected chi connectivity index (χ1v) is 7.56. The topological polar surface area (TPSA) is 37.4 Å². The van der Waals surface area contributed by atoms with E-state index in [2.05, 4.69) is 49.0 Å². The summed E-state index contributed by atoms with van der Waals surface area (Å²) >= 11 is 0. The molecule has 1 N–H and O–H groups in total. The molecule has 0 atom stereocenters. The monoisotopic (exact) mass is 277 g/mol. The van der Waals surface area contributed by atoms with E-state index in [1.54, 1.807) is 0 Å². The lowest BCUT2D eigenvalue weighted by atomic mass is 10.00. The fourth-order valence-electron chi connectivity index (χ4n) is 2.67. The van der Waals surface area contributed by atoms with Crippen molar-refractivity contribution in [2.75, 3.05) is 31.2 Å². The number of ether oxygens (including phenoxy) is 1. The van der Waals surface area contributed by atoms with Crippen molar-refractivity contribution in [3.8, 4) is 0 Å². The van der Waals surface area contributed by atoms with Crippen molar-refractivity contribution in [2.45, 2.75) is 46.2 Å². The van der Waals surface area contributed by atoms with E-state index in [9.17, 15) is 0 Å². The minimum absolute atomic E-state index is 0.0333. The Morgan fingerprint density at radius 2 is 2.25 bits per heavy atom. The molecule has 0 aromatic carbocycles. The molecule has 0 aliphatic carbocycles. The van der Waals surface area contributed by atoms with Crippen LogP contribution in [0.4, 0.5) is 5.69 Å². The van der Waals surface area contributed by atoms with E-state index in [1.165, 1.54) is 11.3 Å². The molecule has 1 aliphatic heterocycles. The summed E-state index contributed by atoms with van der Waals surface area (Å²) in [5.74, 6) is 0. The van der Waals surface area contributed by atoms with Crippen LogP contribution in [-0.4, -0.2) is 36.8 Å². The van der Waals surface area contributed by atoms with Gasteiger partial charge in [-0.1, -0.05) is 6.92 Å². The maximum Gasteiger partial charge on any atom is 0.0694 e. The molecule has 0 bridgehead atoms. The summed E-state index contributed by atoms with van der Waals surface area (Å²) < 4.78 is 5.63. The van der Waals surface area contributed by atoms with Gasteiger partial charge >= 0.3 is 0 Å². The molecule has 1 aromatic heterocycles. The molecule has 0 amide bonds. The third kappa shape index (κ3) is 3.49. The molecule has 4 heteroatoms. The number of aryl methyl sites for hydroxylation is 1. The normalized spacial score (nSPS) is 18.3. The average Bonchev–Trinajstić information content (AvgIpc) is 2.40. The van der Waals surface area contributed by atoms with Crippen LogP contribution in [0, 0.1) is 6.92 Å². The van der Waals surface area contributed by atoms with Crippen molar-refractivity contribution in [3.05, 3.63) is 23.5 Å². The van der Waals surface area contributed by atoms with Gasteiger partial charge in [-0.15, -0.1) is 0 Å². The molecule has 0 unspecified atom stereocenters. The highest BCUT2D eigenvalue weighted by molar-refractivity contribution is 5.56. The van der Waals surface area contributed by atoms with E-state index < -0.39 is 0 Å². The molecule has 1 aromatic rings. The number of nitrogens with zero attached hydrogens (tertiary/aromatic N) is 2. The quantitative estimate of drug-likeness (QED) is 0.839. The Balaban J connectivity index is 2.25. The van der Waals surface area contributed by atoms with Crippen molar-refractivity contribution >= 4 is 5.69 Å². The van der Waals surface area contributed by atoms with Crippen molar-refractivity contribution < 1.29 is 4.74 Å². The Hall–Kier alpha value is -1.13. The Kier molecular flexibility index (Phi) is 5.00. The highest BCUT2D eigenvalue weighted by Crippen LogP contribution is 2.30. The van der Waals surface area contributed by atoms with Gasteiger partial charge in [-0.3, -0.25) is 4.98 Å². The second-order valence-corrected chi connectivity index (χ2v) is 6.15. The molecule has 20 heavy (non-hydrogen) atoms. The molecule has 112 valence electrons. The van der Waals surface area contributed by atoms with Crippen LogP contribution < -0.4 is 10.2 Å². The second-order valence-electron chi connectivity index (χ2n) is 6.15. The van der Waals surface area contributed by atoms with Crippen molar-refractivity contribution in [1.29, 1.82) is 0 Å². The third-order valence-electron chi connectivity index (χ3n) is 3.78. The molecule has 0 radical (unpaired) electrons. The van der Waals surface area contributed by atoms with Gasteiger partial charge in [0.1, 0.15) is 0 Å². The SMILES string of the molecule is CCCNCc1cnc(C)cc1N1CCOCC1(C)C. The number of pyridine rings is 1. The van der Waals surface area contributed by atoms with Gasteiger partial charge in [0.25, 0.3) is 0 Å². The largest absolute Gasteiger partial charge is 0.377 e. The van der Waals surface area contributed by atoms with E-state index in [0.717, 1.165) is 45.0 Å². The Morgan fingerprint density at radius 3 is 2.95 bits per heavy atom. The average molecular weight is 277 g/mol. The summed E-state index contributed by atoms with van der Waals surface area (Å²) in [6.45, 7) is 13.2. The molecule has 0 saturated carbocycles. The lowest BCUT2D eigenvalue weighted by Gasteiger charge is -2.44. The Bertz CT molecular complexity index is 445. The van der Waals surface area contributed by atoms with Crippen LogP contribution in [-0.2, 0) is 11.3 Å². The van der Waals surface area contributed by atoms with Gasteiger partial charge in [0.2, 0.25) is 0 Å². The highest BCUT2D eigenvalue weighted by Gasteiger charge is 2.31. The summed E-state index contributed by atoms with van der Waals surface area (Å²) in [5.41, 5.74) is 3.68. The number of rotatable bonds is 5. The van der Waals surface area contributed by atoms with Crippen molar-refractivity contribution in [1.82, 2.24) is 10.3 Å². The number of nitrogens with one attached hydrogen (secondary N) is 1. The highest BCUT2D eigenvalue weighted by atomic mass is 16.5. The van der Waals surface area contributed by atoms with Gasteiger partial charge in [-0.2, -0.15) is 0 Å².